The van der Waals surface area contributed by atoms with E-state index >= 15 is 0 Å². The van der Waals surface area contributed by atoms with Crippen LogP contribution < -0.4 is 19.8 Å². The fraction of sp³-hybridized carbons (Fsp3) is 0.125. The van der Waals surface area contributed by atoms with Crippen molar-refractivity contribution in [1.82, 2.24) is 0 Å². The Labute approximate surface area is 178 Å². The van der Waals surface area contributed by atoms with Crippen molar-refractivity contribution in [2.45, 2.75) is 6.61 Å². The van der Waals surface area contributed by atoms with Gasteiger partial charge in [0.1, 0.15) is 17.9 Å². The molecule has 0 unspecified atom stereocenters. The van der Waals surface area contributed by atoms with E-state index in [1.54, 1.807) is 44.6 Å². The highest BCUT2D eigenvalue weighted by atomic mass is 35.5. The maximum absolute atomic E-state index is 12.6. The maximum Gasteiger partial charge on any atom is 0.344 e. The monoisotopic (exact) mass is 422 g/mol. The molecule has 0 aliphatic heterocycles. The summed E-state index contributed by atoms with van der Waals surface area (Å²) in [5.74, 6) is 1.72. The summed E-state index contributed by atoms with van der Waals surface area (Å²) in [6.45, 7) is 0.319. The average Bonchev–Trinajstić information content (AvgIpc) is 2.77. The molecule has 0 saturated carbocycles. The summed E-state index contributed by atoms with van der Waals surface area (Å²) in [6.07, 6.45) is 0. The molecule has 30 heavy (non-hydrogen) atoms. The maximum atomic E-state index is 12.6. The highest BCUT2D eigenvalue weighted by molar-refractivity contribution is 6.31. The van der Waals surface area contributed by atoms with E-state index in [0.717, 1.165) is 10.9 Å². The highest BCUT2D eigenvalue weighted by Gasteiger charge is 2.12. The number of halogens is 1. The lowest BCUT2D eigenvalue weighted by Crippen LogP contribution is -2.03. The van der Waals surface area contributed by atoms with E-state index in [9.17, 15) is 4.79 Å². The van der Waals surface area contributed by atoms with Gasteiger partial charge in [-0.05, 0) is 42.0 Å². The molecule has 4 rings (SSSR count). The van der Waals surface area contributed by atoms with Gasteiger partial charge in [0.15, 0.2) is 11.5 Å². The summed E-state index contributed by atoms with van der Waals surface area (Å²) < 4.78 is 22.0. The Hall–Kier alpha value is -3.44. The van der Waals surface area contributed by atoms with Gasteiger partial charge >= 0.3 is 5.63 Å². The third kappa shape index (κ3) is 3.98. The Morgan fingerprint density at radius 1 is 0.900 bits per heavy atom. The van der Waals surface area contributed by atoms with Crippen LogP contribution in [0.5, 0.6) is 17.2 Å². The SMILES string of the molecule is COc1ccc(-c2cc3ccc(OCc4ccccc4Cl)cc3oc2=O)cc1OC. The summed E-state index contributed by atoms with van der Waals surface area (Å²) >= 11 is 6.17. The van der Waals surface area contributed by atoms with Crippen LogP contribution in [0.1, 0.15) is 5.56 Å². The lowest BCUT2D eigenvalue weighted by atomic mass is 10.1. The van der Waals surface area contributed by atoms with E-state index in [-0.39, 0.29) is 0 Å². The van der Waals surface area contributed by atoms with Gasteiger partial charge in [-0.1, -0.05) is 35.9 Å². The summed E-state index contributed by atoms with van der Waals surface area (Å²) in [4.78, 5) is 12.6. The number of fused-ring (bicyclic) bond motifs is 1. The molecule has 0 amide bonds. The fourth-order valence-corrected chi connectivity index (χ4v) is 3.35. The summed E-state index contributed by atoms with van der Waals surface area (Å²) in [5.41, 5.74) is 2.00. The summed E-state index contributed by atoms with van der Waals surface area (Å²) in [5, 5.41) is 1.42. The molecule has 4 aromatic rings. The van der Waals surface area contributed by atoms with Gasteiger partial charge in [0.05, 0.1) is 19.8 Å². The molecule has 0 spiro atoms. The molecule has 0 radical (unpaired) electrons. The van der Waals surface area contributed by atoms with E-state index in [0.29, 0.717) is 45.6 Å². The largest absolute Gasteiger partial charge is 0.493 e. The van der Waals surface area contributed by atoms with E-state index in [2.05, 4.69) is 0 Å². The van der Waals surface area contributed by atoms with E-state index < -0.39 is 5.63 Å². The van der Waals surface area contributed by atoms with Crippen LogP contribution in [-0.4, -0.2) is 14.2 Å². The van der Waals surface area contributed by atoms with Gasteiger partial charge in [-0.15, -0.1) is 0 Å². The molecule has 5 nitrogen and oxygen atoms in total. The second-order valence-corrected chi connectivity index (χ2v) is 7.00. The van der Waals surface area contributed by atoms with Gasteiger partial charge in [-0.2, -0.15) is 0 Å². The first-order valence-corrected chi connectivity index (χ1v) is 9.63. The lowest BCUT2D eigenvalue weighted by Gasteiger charge is -2.10. The first-order valence-electron chi connectivity index (χ1n) is 9.25. The van der Waals surface area contributed by atoms with Gasteiger partial charge in [-0.3, -0.25) is 0 Å². The van der Waals surface area contributed by atoms with Crippen LogP contribution in [0.4, 0.5) is 0 Å². The Kier molecular flexibility index (Phi) is 5.63. The molecular weight excluding hydrogens is 404 g/mol. The molecule has 152 valence electrons. The van der Waals surface area contributed by atoms with Crippen molar-refractivity contribution in [2.24, 2.45) is 0 Å². The smallest absolute Gasteiger partial charge is 0.344 e. The van der Waals surface area contributed by atoms with Crippen LogP contribution in [0.15, 0.2) is 75.9 Å². The molecule has 0 N–H and O–H groups in total. The number of methoxy groups -OCH3 is 2. The van der Waals surface area contributed by atoms with Gasteiger partial charge in [0.25, 0.3) is 0 Å². The minimum Gasteiger partial charge on any atom is -0.493 e. The third-order valence-electron chi connectivity index (χ3n) is 4.75. The number of rotatable bonds is 6. The topological polar surface area (TPSA) is 57.9 Å². The highest BCUT2D eigenvalue weighted by Crippen LogP contribution is 2.32. The van der Waals surface area contributed by atoms with Crippen molar-refractivity contribution in [3.63, 3.8) is 0 Å². The summed E-state index contributed by atoms with van der Waals surface area (Å²) in [7, 11) is 3.11. The predicted molar refractivity (Wildman–Crippen MR) is 117 cm³/mol. The van der Waals surface area contributed by atoms with Crippen LogP contribution in [0.25, 0.3) is 22.1 Å². The van der Waals surface area contributed by atoms with Gasteiger partial charge < -0.3 is 18.6 Å². The molecule has 3 aromatic carbocycles. The third-order valence-corrected chi connectivity index (χ3v) is 5.12. The minimum atomic E-state index is -0.446. The molecule has 0 fully saturated rings. The average molecular weight is 423 g/mol. The van der Waals surface area contributed by atoms with Gasteiger partial charge in [0.2, 0.25) is 0 Å². The standard InChI is InChI=1S/C24H19ClO5/c1-27-21-10-8-15(12-23(21)28-2)19-11-16-7-9-18(13-22(16)30-24(19)26)29-14-17-5-3-4-6-20(17)25/h3-13H,14H2,1-2H3. The molecule has 1 heterocycles. The van der Waals surface area contributed by atoms with Crippen LogP contribution in [0, 0.1) is 0 Å². The minimum absolute atomic E-state index is 0.319. The zero-order valence-corrected chi connectivity index (χ0v) is 17.2. The zero-order chi connectivity index (χ0) is 21.1. The number of hydrogen-bond acceptors (Lipinski definition) is 5. The normalized spacial score (nSPS) is 10.8. The van der Waals surface area contributed by atoms with E-state index in [1.807, 2.05) is 36.4 Å². The van der Waals surface area contributed by atoms with Crippen LogP contribution >= 0.6 is 11.6 Å². The quantitative estimate of drug-likeness (QED) is 0.372. The molecule has 0 saturated heterocycles. The lowest BCUT2D eigenvalue weighted by molar-refractivity contribution is 0.306. The Morgan fingerprint density at radius 3 is 2.47 bits per heavy atom. The first-order chi connectivity index (χ1) is 14.6. The summed E-state index contributed by atoms with van der Waals surface area (Å²) in [6, 6.07) is 20.0. The van der Waals surface area contributed by atoms with Crippen molar-refractivity contribution in [1.29, 1.82) is 0 Å². The number of ether oxygens (including phenoxy) is 3. The molecule has 0 atom stereocenters. The van der Waals surface area contributed by atoms with Crippen LogP contribution in [-0.2, 0) is 6.61 Å². The zero-order valence-electron chi connectivity index (χ0n) is 16.5. The van der Waals surface area contributed by atoms with Crippen molar-refractivity contribution in [3.8, 4) is 28.4 Å². The predicted octanol–water partition coefficient (Wildman–Crippen LogP) is 5.71. The molecule has 0 aliphatic carbocycles. The van der Waals surface area contributed by atoms with Crippen LogP contribution in [0.3, 0.4) is 0 Å². The molecular formula is C24H19ClO5. The van der Waals surface area contributed by atoms with E-state index in [4.69, 9.17) is 30.2 Å². The number of hydrogen-bond donors (Lipinski definition) is 0. The second-order valence-electron chi connectivity index (χ2n) is 6.60. The Bertz CT molecular complexity index is 1260. The van der Waals surface area contributed by atoms with Crippen molar-refractivity contribution in [3.05, 3.63) is 87.7 Å². The molecule has 0 aliphatic rings. The van der Waals surface area contributed by atoms with Crippen LogP contribution in [0.2, 0.25) is 5.02 Å². The first kappa shape index (κ1) is 19.9. The fourth-order valence-electron chi connectivity index (χ4n) is 3.16. The van der Waals surface area contributed by atoms with Crippen molar-refractivity contribution >= 4 is 22.6 Å². The number of benzene rings is 3. The Morgan fingerprint density at radius 2 is 1.70 bits per heavy atom. The molecule has 6 heteroatoms. The van der Waals surface area contributed by atoms with Crippen molar-refractivity contribution in [2.75, 3.05) is 14.2 Å². The second kappa shape index (κ2) is 8.51. The van der Waals surface area contributed by atoms with Gasteiger partial charge in [-0.25, -0.2) is 4.79 Å². The molecule has 0 bridgehead atoms. The van der Waals surface area contributed by atoms with Crippen molar-refractivity contribution < 1.29 is 18.6 Å². The van der Waals surface area contributed by atoms with Gasteiger partial charge in [0, 0.05) is 22.0 Å². The Balaban J connectivity index is 1.64. The molecule has 1 aromatic heterocycles. The van der Waals surface area contributed by atoms with E-state index in [1.165, 1.54) is 0 Å².